The molecule has 0 heterocycles. The van der Waals surface area contributed by atoms with E-state index in [-0.39, 0.29) is 41.5 Å². The van der Waals surface area contributed by atoms with E-state index in [9.17, 15) is 14.7 Å². The van der Waals surface area contributed by atoms with Crippen molar-refractivity contribution >= 4 is 11.8 Å². The van der Waals surface area contributed by atoms with E-state index in [1.165, 1.54) is 11.1 Å². The van der Waals surface area contributed by atoms with Crippen LogP contribution in [-0.4, -0.2) is 23.5 Å². The predicted molar refractivity (Wildman–Crippen MR) is 137 cm³/mol. The van der Waals surface area contributed by atoms with Crippen LogP contribution in [0.1, 0.15) is 78.6 Å². The molecule has 6 atom stereocenters. The zero-order chi connectivity index (χ0) is 25.0. The molecule has 5 aliphatic carbocycles. The summed E-state index contributed by atoms with van der Waals surface area (Å²) in [4.78, 5) is 25.7. The molecule has 0 aliphatic heterocycles. The molecule has 0 radical (unpaired) electrons. The smallest absolute Gasteiger partial charge is 0.306 e. The van der Waals surface area contributed by atoms with Gasteiger partial charge in [-0.15, -0.1) is 0 Å². The van der Waals surface area contributed by atoms with Crippen molar-refractivity contribution < 1.29 is 19.4 Å². The molecule has 188 valence electrons. The Bertz CT molecular complexity index is 1070. The van der Waals surface area contributed by atoms with Gasteiger partial charge >= 0.3 is 5.97 Å². The number of allylic oxidation sites excluding steroid dienone is 9. The van der Waals surface area contributed by atoms with Crippen LogP contribution in [0.25, 0.3) is 0 Å². The molecular weight excluding hydrogens is 436 g/mol. The fraction of sp³-hybridized carbons (Fsp3) is 0.613. The molecule has 3 fully saturated rings. The van der Waals surface area contributed by atoms with Crippen LogP contribution in [0.2, 0.25) is 0 Å². The molecular formula is C31H40O4. The lowest BCUT2D eigenvalue weighted by atomic mass is 9.52. The first-order valence-electron chi connectivity index (χ1n) is 13.5. The second kappa shape index (κ2) is 8.94. The topological polar surface area (TPSA) is 63.6 Å². The summed E-state index contributed by atoms with van der Waals surface area (Å²) in [6, 6.07) is 0. The molecule has 0 aromatic heterocycles. The average molecular weight is 477 g/mol. The lowest BCUT2D eigenvalue weighted by Gasteiger charge is -2.52. The molecule has 0 bridgehead atoms. The van der Waals surface area contributed by atoms with Gasteiger partial charge in [-0.2, -0.15) is 0 Å². The first-order valence-corrected chi connectivity index (χ1v) is 13.5. The molecule has 4 nitrogen and oxygen atoms in total. The normalized spacial score (nSPS) is 37.3. The fourth-order valence-corrected chi connectivity index (χ4v) is 8.01. The molecule has 0 spiro atoms. The lowest BCUT2D eigenvalue weighted by Crippen LogP contribution is -2.45. The number of rotatable bonds is 6. The third-order valence-corrected chi connectivity index (χ3v) is 10.0. The largest absolute Gasteiger partial charge is 0.512 e. The van der Waals surface area contributed by atoms with E-state index in [0.29, 0.717) is 24.0 Å². The summed E-state index contributed by atoms with van der Waals surface area (Å²) in [7, 11) is 0. The van der Waals surface area contributed by atoms with Crippen LogP contribution in [0.5, 0.6) is 0 Å². The van der Waals surface area contributed by atoms with Crippen molar-refractivity contribution in [2.75, 3.05) is 6.61 Å². The van der Waals surface area contributed by atoms with E-state index in [2.05, 4.69) is 51.7 Å². The van der Waals surface area contributed by atoms with Gasteiger partial charge in [0.1, 0.15) is 6.61 Å². The van der Waals surface area contributed by atoms with Crippen molar-refractivity contribution in [1.29, 1.82) is 0 Å². The first kappa shape index (κ1) is 24.3. The summed E-state index contributed by atoms with van der Waals surface area (Å²) >= 11 is 0. The van der Waals surface area contributed by atoms with Crippen LogP contribution >= 0.6 is 0 Å². The van der Waals surface area contributed by atoms with Crippen molar-refractivity contribution in [3.63, 3.8) is 0 Å². The molecule has 0 aromatic carbocycles. The fourth-order valence-electron chi connectivity index (χ4n) is 8.01. The second-order valence-corrected chi connectivity index (χ2v) is 12.1. The molecule has 0 aromatic rings. The highest BCUT2D eigenvalue weighted by Crippen LogP contribution is 2.65. The maximum atomic E-state index is 13.4. The zero-order valence-corrected chi connectivity index (χ0v) is 21.6. The maximum absolute atomic E-state index is 13.4. The van der Waals surface area contributed by atoms with E-state index in [1.807, 2.05) is 0 Å². The SMILES string of the molecule is C=C1C=CC2(C)C(=C1)CCC1C2=CCC2(C)C1CC(C)C2C(=O)COC(=O)CCC(O)=C1CCC1. The number of ether oxygens (including phenoxy) is 1. The van der Waals surface area contributed by atoms with Gasteiger partial charge in [0.25, 0.3) is 0 Å². The summed E-state index contributed by atoms with van der Waals surface area (Å²) < 4.78 is 5.41. The highest BCUT2D eigenvalue weighted by molar-refractivity contribution is 5.86. The molecule has 5 aliphatic rings. The second-order valence-electron chi connectivity index (χ2n) is 12.1. The van der Waals surface area contributed by atoms with E-state index in [0.717, 1.165) is 56.1 Å². The quantitative estimate of drug-likeness (QED) is 0.256. The molecule has 3 saturated carbocycles. The van der Waals surface area contributed by atoms with Gasteiger partial charge in [0.05, 0.1) is 12.2 Å². The van der Waals surface area contributed by atoms with Gasteiger partial charge in [0.2, 0.25) is 0 Å². The summed E-state index contributed by atoms with van der Waals surface area (Å²) in [5.41, 5.74) is 5.04. The minimum atomic E-state index is -0.395. The first-order chi connectivity index (χ1) is 16.6. The van der Waals surface area contributed by atoms with Crippen molar-refractivity contribution in [3.05, 3.63) is 58.9 Å². The monoisotopic (exact) mass is 476 g/mol. The van der Waals surface area contributed by atoms with Gasteiger partial charge in [0.15, 0.2) is 5.78 Å². The molecule has 1 N–H and O–H groups in total. The zero-order valence-electron chi connectivity index (χ0n) is 21.6. The molecule has 5 rings (SSSR count). The molecule has 4 heteroatoms. The number of aliphatic hydroxyl groups excluding tert-OH is 1. The maximum Gasteiger partial charge on any atom is 0.306 e. The minimum absolute atomic E-state index is 0.0212. The van der Waals surface area contributed by atoms with Crippen LogP contribution in [0, 0.1) is 34.5 Å². The number of carbonyl (C=O) groups is 2. The van der Waals surface area contributed by atoms with Crippen molar-refractivity contribution in [1.82, 2.24) is 0 Å². The minimum Gasteiger partial charge on any atom is -0.512 e. The van der Waals surface area contributed by atoms with Crippen LogP contribution < -0.4 is 0 Å². The van der Waals surface area contributed by atoms with E-state index >= 15 is 0 Å². The summed E-state index contributed by atoms with van der Waals surface area (Å²) in [6.07, 6.45) is 16.8. The molecule has 6 unspecified atom stereocenters. The van der Waals surface area contributed by atoms with Crippen molar-refractivity contribution in [3.8, 4) is 0 Å². The van der Waals surface area contributed by atoms with Gasteiger partial charge in [-0.1, -0.05) is 55.9 Å². The number of hydrogen-bond donors (Lipinski definition) is 1. The van der Waals surface area contributed by atoms with Gasteiger partial charge < -0.3 is 9.84 Å². The van der Waals surface area contributed by atoms with Crippen molar-refractivity contribution in [2.45, 2.75) is 78.6 Å². The highest BCUT2D eigenvalue weighted by atomic mass is 16.5. The summed E-state index contributed by atoms with van der Waals surface area (Å²) in [6.45, 7) is 10.8. The number of Topliss-reactive ketones (excluding diaryl/α,β-unsaturated/α-hetero) is 1. The Morgan fingerprint density at radius 2 is 1.97 bits per heavy atom. The Hall–Kier alpha value is -2.36. The van der Waals surface area contributed by atoms with E-state index < -0.39 is 5.97 Å². The Balaban J connectivity index is 1.26. The number of hydrogen-bond acceptors (Lipinski definition) is 4. The molecule has 35 heavy (non-hydrogen) atoms. The van der Waals surface area contributed by atoms with Crippen molar-refractivity contribution in [2.24, 2.45) is 34.5 Å². The van der Waals surface area contributed by atoms with Gasteiger partial charge in [-0.3, -0.25) is 9.59 Å². The van der Waals surface area contributed by atoms with Crippen LogP contribution in [0.4, 0.5) is 0 Å². The number of esters is 1. The lowest BCUT2D eigenvalue weighted by molar-refractivity contribution is -0.150. The van der Waals surface area contributed by atoms with Gasteiger partial charge in [-0.25, -0.2) is 0 Å². The Morgan fingerprint density at radius 1 is 1.20 bits per heavy atom. The third-order valence-electron chi connectivity index (χ3n) is 10.0. The van der Waals surface area contributed by atoms with E-state index in [1.54, 1.807) is 0 Å². The Kier molecular flexibility index (Phi) is 6.22. The van der Waals surface area contributed by atoms with Gasteiger partial charge in [-0.05, 0) is 86.2 Å². The number of carbonyl (C=O) groups excluding carboxylic acids is 2. The van der Waals surface area contributed by atoms with Gasteiger partial charge in [0, 0.05) is 17.8 Å². The number of fused-ring (bicyclic) bond motifs is 5. The molecule has 0 saturated heterocycles. The number of ketones is 1. The Morgan fingerprint density at radius 3 is 2.69 bits per heavy atom. The molecule has 0 amide bonds. The highest BCUT2D eigenvalue weighted by Gasteiger charge is 2.59. The third kappa shape index (κ3) is 4.07. The Labute approximate surface area is 209 Å². The number of aliphatic hydroxyl groups is 1. The van der Waals surface area contributed by atoms with E-state index in [4.69, 9.17) is 4.74 Å². The van der Waals surface area contributed by atoms with Crippen LogP contribution in [-0.2, 0) is 14.3 Å². The summed E-state index contributed by atoms with van der Waals surface area (Å²) in [5, 5.41) is 10.1. The standard InChI is InChI=1S/C31H40O4/c1-19-12-14-30(3)22(16-19)8-9-23-24(30)13-15-31(4)25(23)17-20(2)29(31)27(33)18-35-28(34)11-10-26(32)21-6-5-7-21/h12-14,16,20,23,25,29,32H,1,5-11,15,17-18H2,2-4H3. The van der Waals surface area contributed by atoms with Crippen LogP contribution in [0.15, 0.2) is 58.9 Å². The average Bonchev–Trinajstić information content (AvgIpc) is 3.05. The van der Waals surface area contributed by atoms with Crippen LogP contribution in [0.3, 0.4) is 0 Å². The predicted octanol–water partition coefficient (Wildman–Crippen LogP) is 6.95. The summed E-state index contributed by atoms with van der Waals surface area (Å²) in [5.74, 6) is 1.17.